The molecule has 3 rings (SSSR count). The fourth-order valence-corrected chi connectivity index (χ4v) is 2.88. The van der Waals surface area contributed by atoms with Crippen LogP contribution in [0.2, 0.25) is 0 Å². The zero-order chi connectivity index (χ0) is 18.4. The van der Waals surface area contributed by atoms with Crippen molar-refractivity contribution in [3.63, 3.8) is 0 Å². The summed E-state index contributed by atoms with van der Waals surface area (Å²) in [5, 5.41) is 6.27. The van der Waals surface area contributed by atoms with E-state index in [2.05, 4.69) is 44.8 Å². The summed E-state index contributed by atoms with van der Waals surface area (Å²) >= 11 is 0. The molecule has 1 heterocycles. The van der Waals surface area contributed by atoms with Crippen LogP contribution in [0, 0.1) is 0 Å². The van der Waals surface area contributed by atoms with E-state index in [1.54, 1.807) is 0 Å². The molecule has 0 aliphatic carbocycles. The summed E-state index contributed by atoms with van der Waals surface area (Å²) in [5.41, 5.74) is 4.21. The van der Waals surface area contributed by atoms with Gasteiger partial charge in [0.25, 0.3) is 0 Å². The first kappa shape index (κ1) is 18.0. The van der Waals surface area contributed by atoms with Crippen molar-refractivity contribution in [2.75, 3.05) is 37.4 Å². The number of rotatable bonds is 6. The van der Waals surface area contributed by atoms with Crippen LogP contribution in [0.5, 0.6) is 0 Å². The molecule has 26 heavy (non-hydrogen) atoms. The molecule has 0 spiro atoms. The maximum absolute atomic E-state index is 12.2. The van der Waals surface area contributed by atoms with E-state index in [-0.39, 0.29) is 5.91 Å². The average molecular weight is 350 g/mol. The average Bonchev–Trinajstić information content (AvgIpc) is 2.68. The highest BCUT2D eigenvalue weighted by Gasteiger charge is 2.08. The van der Waals surface area contributed by atoms with Crippen LogP contribution in [0.25, 0.3) is 0 Å². The number of nitrogens with zero attached hydrogens (tertiary/aromatic N) is 2. The van der Waals surface area contributed by atoms with Gasteiger partial charge in [0.05, 0.1) is 0 Å². The lowest BCUT2D eigenvalue weighted by molar-refractivity contribution is -0.116. The molecule has 0 saturated carbocycles. The third-order valence-electron chi connectivity index (χ3n) is 4.43. The summed E-state index contributed by atoms with van der Waals surface area (Å²) in [6, 6.07) is 16.2. The van der Waals surface area contributed by atoms with Crippen molar-refractivity contribution in [2.45, 2.75) is 19.3 Å². The number of nitrogens with one attached hydrogen (secondary N) is 2. The van der Waals surface area contributed by atoms with Gasteiger partial charge < -0.3 is 15.5 Å². The van der Waals surface area contributed by atoms with Crippen LogP contribution in [0.1, 0.15) is 24.0 Å². The molecule has 136 valence electrons. The minimum atomic E-state index is 0.0302. The monoisotopic (exact) mass is 350 g/mol. The van der Waals surface area contributed by atoms with Crippen molar-refractivity contribution in [3.8, 4) is 0 Å². The Labute approximate surface area is 155 Å². The van der Waals surface area contributed by atoms with Gasteiger partial charge in [-0.05, 0) is 54.8 Å². The molecule has 0 fully saturated rings. The summed E-state index contributed by atoms with van der Waals surface area (Å²) in [7, 11) is 4.04. The van der Waals surface area contributed by atoms with Crippen molar-refractivity contribution in [1.29, 1.82) is 0 Å². The first-order valence-corrected chi connectivity index (χ1v) is 9.07. The van der Waals surface area contributed by atoms with Crippen LogP contribution in [-0.2, 0) is 11.2 Å². The molecule has 0 saturated heterocycles. The number of carbonyl (C=O) groups excluding carboxylic acids is 1. The van der Waals surface area contributed by atoms with E-state index < -0.39 is 0 Å². The topological polar surface area (TPSA) is 56.7 Å². The predicted octanol–water partition coefficient (Wildman–Crippen LogP) is 3.06. The van der Waals surface area contributed by atoms with E-state index in [0.717, 1.165) is 48.7 Å². The Bertz CT molecular complexity index is 764. The molecular formula is C21H26N4O. The van der Waals surface area contributed by atoms with Gasteiger partial charge in [0.1, 0.15) is 5.84 Å². The molecule has 1 aliphatic heterocycles. The molecular weight excluding hydrogens is 324 g/mol. The van der Waals surface area contributed by atoms with Crippen molar-refractivity contribution in [1.82, 2.24) is 5.32 Å². The maximum atomic E-state index is 12.2. The van der Waals surface area contributed by atoms with E-state index in [1.807, 2.05) is 38.4 Å². The Kier molecular flexibility index (Phi) is 5.89. The van der Waals surface area contributed by atoms with Gasteiger partial charge in [-0.3, -0.25) is 9.79 Å². The minimum absolute atomic E-state index is 0.0302. The highest BCUT2D eigenvalue weighted by Crippen LogP contribution is 2.15. The number of amidine groups is 1. The normalized spacial score (nSPS) is 13.5. The third kappa shape index (κ3) is 4.85. The van der Waals surface area contributed by atoms with E-state index in [9.17, 15) is 4.79 Å². The van der Waals surface area contributed by atoms with Crippen molar-refractivity contribution in [2.24, 2.45) is 4.99 Å². The zero-order valence-corrected chi connectivity index (χ0v) is 15.5. The Morgan fingerprint density at radius 2 is 1.85 bits per heavy atom. The van der Waals surface area contributed by atoms with Gasteiger partial charge in [0.15, 0.2) is 0 Å². The predicted molar refractivity (Wildman–Crippen MR) is 108 cm³/mol. The molecule has 5 nitrogen and oxygen atoms in total. The maximum Gasteiger partial charge on any atom is 0.224 e. The number of anilines is 2. The molecule has 2 aromatic rings. The molecule has 1 amide bonds. The second-order valence-corrected chi connectivity index (χ2v) is 6.70. The lowest BCUT2D eigenvalue weighted by Gasteiger charge is -2.15. The third-order valence-corrected chi connectivity index (χ3v) is 4.43. The van der Waals surface area contributed by atoms with Crippen LogP contribution >= 0.6 is 0 Å². The summed E-state index contributed by atoms with van der Waals surface area (Å²) < 4.78 is 0. The standard InChI is InChI=1S/C21H26N4O/c1-25(2)19-11-4-16(5-12-19)6-13-20(26)24-18-9-7-17(8-10-18)21-22-14-3-15-23-21/h4-5,7-12H,3,6,13-15H2,1-2H3,(H,22,23)(H,24,26). The first-order chi connectivity index (χ1) is 12.6. The quantitative estimate of drug-likeness (QED) is 0.842. The molecule has 1 aliphatic rings. The Hall–Kier alpha value is -2.82. The van der Waals surface area contributed by atoms with Crippen LogP contribution < -0.4 is 15.5 Å². The number of carbonyl (C=O) groups is 1. The number of benzene rings is 2. The molecule has 0 bridgehead atoms. The Morgan fingerprint density at radius 1 is 1.12 bits per heavy atom. The van der Waals surface area contributed by atoms with Crippen molar-refractivity contribution < 1.29 is 4.79 Å². The van der Waals surface area contributed by atoms with Gasteiger partial charge in [0.2, 0.25) is 5.91 Å². The van der Waals surface area contributed by atoms with Crippen LogP contribution in [0.4, 0.5) is 11.4 Å². The van der Waals surface area contributed by atoms with Crippen molar-refractivity contribution >= 4 is 23.1 Å². The molecule has 0 unspecified atom stereocenters. The van der Waals surface area contributed by atoms with E-state index >= 15 is 0 Å². The van der Waals surface area contributed by atoms with Crippen molar-refractivity contribution in [3.05, 3.63) is 59.7 Å². The number of amides is 1. The van der Waals surface area contributed by atoms with Gasteiger partial charge in [0, 0.05) is 50.5 Å². The highest BCUT2D eigenvalue weighted by atomic mass is 16.1. The van der Waals surface area contributed by atoms with Crippen LogP contribution in [0.15, 0.2) is 53.5 Å². The number of hydrogen-bond donors (Lipinski definition) is 2. The van der Waals surface area contributed by atoms with Gasteiger partial charge in [-0.15, -0.1) is 0 Å². The van der Waals surface area contributed by atoms with Gasteiger partial charge >= 0.3 is 0 Å². The number of aliphatic imine (C=N–C) groups is 1. The van der Waals surface area contributed by atoms with Crippen LogP contribution in [-0.4, -0.2) is 38.9 Å². The second kappa shape index (κ2) is 8.52. The highest BCUT2D eigenvalue weighted by molar-refractivity contribution is 5.99. The summed E-state index contributed by atoms with van der Waals surface area (Å²) in [6.45, 7) is 1.84. The minimum Gasteiger partial charge on any atom is -0.378 e. The summed E-state index contributed by atoms with van der Waals surface area (Å²) in [6.07, 6.45) is 2.28. The Morgan fingerprint density at radius 3 is 2.46 bits per heavy atom. The summed E-state index contributed by atoms with van der Waals surface area (Å²) in [5.74, 6) is 0.970. The fourth-order valence-electron chi connectivity index (χ4n) is 2.88. The van der Waals surface area contributed by atoms with Gasteiger partial charge in [-0.2, -0.15) is 0 Å². The molecule has 2 aromatic carbocycles. The van der Waals surface area contributed by atoms with E-state index in [0.29, 0.717) is 6.42 Å². The molecule has 0 radical (unpaired) electrons. The Balaban J connectivity index is 1.50. The smallest absolute Gasteiger partial charge is 0.224 e. The lowest BCUT2D eigenvalue weighted by atomic mass is 10.1. The summed E-state index contributed by atoms with van der Waals surface area (Å²) in [4.78, 5) is 18.7. The number of aryl methyl sites for hydroxylation is 1. The molecule has 5 heteroatoms. The number of hydrogen-bond acceptors (Lipinski definition) is 4. The van der Waals surface area contributed by atoms with Crippen LogP contribution in [0.3, 0.4) is 0 Å². The first-order valence-electron chi connectivity index (χ1n) is 9.07. The second-order valence-electron chi connectivity index (χ2n) is 6.70. The largest absolute Gasteiger partial charge is 0.378 e. The molecule has 0 aromatic heterocycles. The SMILES string of the molecule is CN(C)c1ccc(CCC(=O)Nc2ccc(C3=NCCCN3)cc2)cc1. The van der Waals surface area contributed by atoms with E-state index in [4.69, 9.17) is 0 Å². The van der Waals surface area contributed by atoms with Gasteiger partial charge in [-0.25, -0.2) is 0 Å². The van der Waals surface area contributed by atoms with E-state index in [1.165, 1.54) is 5.56 Å². The zero-order valence-electron chi connectivity index (χ0n) is 15.5. The van der Waals surface area contributed by atoms with Gasteiger partial charge in [-0.1, -0.05) is 12.1 Å². The molecule has 2 N–H and O–H groups in total. The molecule has 0 atom stereocenters. The fraction of sp³-hybridized carbons (Fsp3) is 0.333. The lowest BCUT2D eigenvalue weighted by Crippen LogP contribution is -2.30.